The predicted molar refractivity (Wildman–Crippen MR) is 84.1 cm³/mol. The monoisotopic (exact) mass is 315 g/mol. The highest BCUT2D eigenvalue weighted by atomic mass is 16.5. The molecule has 1 fully saturated rings. The van der Waals surface area contributed by atoms with Crippen LogP contribution in [0.5, 0.6) is 0 Å². The Morgan fingerprint density at radius 3 is 2.83 bits per heavy atom. The standard InChI is InChI=1S/C17H21N3O3/c1-11(2)14-8-16(23-20-14)17(21)19-15-10-22-9-13(15)7-12-3-5-18-6-4-12/h3-6,8,11,13,15H,7,9-10H2,1-2H3,(H,19,21)/t13-,15-/m1/s1. The lowest BCUT2D eigenvalue weighted by Crippen LogP contribution is -2.40. The number of carbonyl (C=O) groups is 1. The van der Waals surface area contributed by atoms with Gasteiger partial charge in [0.1, 0.15) is 0 Å². The smallest absolute Gasteiger partial charge is 0.290 e. The number of amides is 1. The summed E-state index contributed by atoms with van der Waals surface area (Å²) in [7, 11) is 0. The number of rotatable bonds is 5. The van der Waals surface area contributed by atoms with Crippen molar-refractivity contribution in [2.75, 3.05) is 13.2 Å². The average Bonchev–Trinajstić information content (AvgIpc) is 3.18. The second kappa shape index (κ2) is 6.91. The van der Waals surface area contributed by atoms with Gasteiger partial charge in [-0.15, -0.1) is 0 Å². The normalized spacial score (nSPS) is 20.8. The third-order valence-corrected chi connectivity index (χ3v) is 4.11. The van der Waals surface area contributed by atoms with Crippen molar-refractivity contribution in [3.8, 4) is 0 Å². The lowest BCUT2D eigenvalue weighted by Gasteiger charge is -2.18. The van der Waals surface area contributed by atoms with Crippen molar-refractivity contribution in [3.63, 3.8) is 0 Å². The second-order valence-corrected chi connectivity index (χ2v) is 6.21. The van der Waals surface area contributed by atoms with Crippen molar-refractivity contribution in [1.82, 2.24) is 15.5 Å². The molecule has 3 rings (SSSR count). The van der Waals surface area contributed by atoms with Gasteiger partial charge in [0.2, 0.25) is 5.76 Å². The van der Waals surface area contributed by atoms with Crippen LogP contribution in [-0.2, 0) is 11.2 Å². The number of ether oxygens (including phenoxy) is 1. The van der Waals surface area contributed by atoms with Gasteiger partial charge in [-0.25, -0.2) is 0 Å². The van der Waals surface area contributed by atoms with Crippen LogP contribution in [0.4, 0.5) is 0 Å². The fraction of sp³-hybridized carbons (Fsp3) is 0.471. The van der Waals surface area contributed by atoms with Crippen molar-refractivity contribution in [2.45, 2.75) is 32.2 Å². The molecule has 0 radical (unpaired) electrons. The Kier molecular flexibility index (Phi) is 4.71. The van der Waals surface area contributed by atoms with Crippen LogP contribution in [0.2, 0.25) is 0 Å². The van der Waals surface area contributed by atoms with Gasteiger partial charge in [-0.3, -0.25) is 9.78 Å². The lowest BCUT2D eigenvalue weighted by molar-refractivity contribution is 0.0887. The Hall–Kier alpha value is -2.21. The van der Waals surface area contributed by atoms with Crippen LogP contribution in [-0.4, -0.2) is 35.3 Å². The number of nitrogens with one attached hydrogen (secondary N) is 1. The highest BCUT2D eigenvalue weighted by Gasteiger charge is 2.30. The summed E-state index contributed by atoms with van der Waals surface area (Å²) in [4.78, 5) is 16.3. The molecule has 2 aromatic heterocycles. The van der Waals surface area contributed by atoms with Crippen LogP contribution < -0.4 is 5.32 Å². The Labute approximate surface area is 135 Å². The lowest BCUT2D eigenvalue weighted by atomic mass is 9.95. The van der Waals surface area contributed by atoms with Crippen LogP contribution in [0.25, 0.3) is 0 Å². The maximum absolute atomic E-state index is 12.3. The van der Waals surface area contributed by atoms with E-state index in [0.717, 1.165) is 12.1 Å². The van der Waals surface area contributed by atoms with E-state index in [9.17, 15) is 4.79 Å². The minimum atomic E-state index is -0.236. The summed E-state index contributed by atoms with van der Waals surface area (Å²) in [6, 6.07) is 5.65. The summed E-state index contributed by atoms with van der Waals surface area (Å²) >= 11 is 0. The van der Waals surface area contributed by atoms with E-state index in [4.69, 9.17) is 9.26 Å². The zero-order valence-corrected chi connectivity index (χ0v) is 13.4. The Balaban J connectivity index is 1.62. The zero-order chi connectivity index (χ0) is 16.2. The molecular weight excluding hydrogens is 294 g/mol. The molecule has 0 bridgehead atoms. The summed E-state index contributed by atoms with van der Waals surface area (Å²) in [5.74, 6) is 0.492. The Morgan fingerprint density at radius 2 is 2.13 bits per heavy atom. The van der Waals surface area contributed by atoms with Crippen LogP contribution in [0.15, 0.2) is 35.1 Å². The van der Waals surface area contributed by atoms with E-state index in [0.29, 0.717) is 13.2 Å². The zero-order valence-electron chi connectivity index (χ0n) is 13.4. The summed E-state index contributed by atoms with van der Waals surface area (Å²) in [6.07, 6.45) is 4.41. The molecule has 0 aliphatic carbocycles. The Morgan fingerprint density at radius 1 is 1.35 bits per heavy atom. The summed E-state index contributed by atoms with van der Waals surface area (Å²) in [5, 5.41) is 6.93. The maximum atomic E-state index is 12.3. The molecule has 1 amide bonds. The third kappa shape index (κ3) is 3.76. The first kappa shape index (κ1) is 15.7. The quantitative estimate of drug-likeness (QED) is 0.915. The van der Waals surface area contributed by atoms with Gasteiger partial charge in [0.25, 0.3) is 5.91 Å². The molecule has 3 heterocycles. The van der Waals surface area contributed by atoms with Gasteiger partial charge >= 0.3 is 0 Å². The van der Waals surface area contributed by atoms with Gasteiger partial charge in [0.05, 0.1) is 24.9 Å². The minimum absolute atomic E-state index is 0.0248. The SMILES string of the molecule is CC(C)c1cc(C(=O)N[C@@H]2COC[C@H]2Cc2ccncc2)on1. The fourth-order valence-corrected chi connectivity index (χ4v) is 2.69. The van der Waals surface area contributed by atoms with Gasteiger partial charge in [-0.05, 0) is 30.0 Å². The molecule has 0 unspecified atom stereocenters. The van der Waals surface area contributed by atoms with Gasteiger partial charge in [-0.1, -0.05) is 19.0 Å². The molecule has 2 aromatic rings. The number of nitrogens with zero attached hydrogens (tertiary/aromatic N) is 2. The fourth-order valence-electron chi connectivity index (χ4n) is 2.69. The maximum Gasteiger partial charge on any atom is 0.290 e. The molecular formula is C17H21N3O3. The van der Waals surface area contributed by atoms with E-state index in [2.05, 4.69) is 15.5 Å². The van der Waals surface area contributed by atoms with Gasteiger partial charge in [-0.2, -0.15) is 0 Å². The van der Waals surface area contributed by atoms with Crippen molar-refractivity contribution in [1.29, 1.82) is 0 Å². The van der Waals surface area contributed by atoms with E-state index in [1.165, 1.54) is 5.56 Å². The molecule has 0 spiro atoms. The van der Waals surface area contributed by atoms with Crippen molar-refractivity contribution < 1.29 is 14.1 Å². The van der Waals surface area contributed by atoms with Crippen molar-refractivity contribution in [3.05, 3.63) is 47.6 Å². The number of carbonyl (C=O) groups excluding carboxylic acids is 1. The summed E-state index contributed by atoms with van der Waals surface area (Å²) in [5.41, 5.74) is 1.97. The van der Waals surface area contributed by atoms with E-state index >= 15 is 0 Å². The van der Waals surface area contributed by atoms with Crippen molar-refractivity contribution in [2.24, 2.45) is 5.92 Å². The topological polar surface area (TPSA) is 77.2 Å². The van der Waals surface area contributed by atoms with E-state index in [1.807, 2.05) is 26.0 Å². The molecule has 0 aromatic carbocycles. The highest BCUT2D eigenvalue weighted by molar-refractivity contribution is 5.91. The first-order valence-corrected chi connectivity index (χ1v) is 7.87. The number of pyridine rings is 1. The molecule has 0 saturated carbocycles. The molecule has 1 N–H and O–H groups in total. The molecule has 122 valence electrons. The van der Waals surface area contributed by atoms with Crippen LogP contribution in [0.3, 0.4) is 0 Å². The molecule has 6 nitrogen and oxygen atoms in total. The van der Waals surface area contributed by atoms with E-state index < -0.39 is 0 Å². The first-order valence-electron chi connectivity index (χ1n) is 7.87. The second-order valence-electron chi connectivity index (χ2n) is 6.21. The third-order valence-electron chi connectivity index (χ3n) is 4.11. The largest absolute Gasteiger partial charge is 0.379 e. The van der Waals surface area contributed by atoms with Gasteiger partial charge < -0.3 is 14.6 Å². The molecule has 2 atom stereocenters. The Bertz CT molecular complexity index is 654. The van der Waals surface area contributed by atoms with Gasteiger partial charge in [0, 0.05) is 24.4 Å². The molecule has 1 aliphatic heterocycles. The number of hydrogen-bond acceptors (Lipinski definition) is 5. The van der Waals surface area contributed by atoms with Crippen LogP contribution in [0.1, 0.15) is 41.6 Å². The average molecular weight is 315 g/mol. The summed E-state index contributed by atoms with van der Waals surface area (Å²) in [6.45, 7) is 5.18. The van der Waals surface area contributed by atoms with Crippen molar-refractivity contribution >= 4 is 5.91 Å². The van der Waals surface area contributed by atoms with E-state index in [-0.39, 0.29) is 29.5 Å². The summed E-state index contributed by atoms with van der Waals surface area (Å²) < 4.78 is 10.7. The van der Waals surface area contributed by atoms with Crippen LogP contribution in [0, 0.1) is 5.92 Å². The number of hydrogen-bond donors (Lipinski definition) is 1. The first-order chi connectivity index (χ1) is 11.1. The molecule has 1 aliphatic rings. The van der Waals surface area contributed by atoms with E-state index in [1.54, 1.807) is 18.5 Å². The van der Waals surface area contributed by atoms with Crippen LogP contribution >= 0.6 is 0 Å². The minimum Gasteiger partial charge on any atom is -0.379 e. The van der Waals surface area contributed by atoms with Gasteiger partial charge in [0.15, 0.2) is 0 Å². The molecule has 23 heavy (non-hydrogen) atoms. The molecule has 6 heteroatoms. The predicted octanol–water partition coefficient (Wildman–Crippen LogP) is 2.18. The number of aromatic nitrogens is 2. The highest BCUT2D eigenvalue weighted by Crippen LogP contribution is 2.20. The molecule has 1 saturated heterocycles.